The van der Waals surface area contributed by atoms with Crippen molar-refractivity contribution in [1.29, 1.82) is 0 Å². The highest BCUT2D eigenvalue weighted by atomic mass is 79.9. The Morgan fingerprint density at radius 3 is 2.96 bits per heavy atom. The van der Waals surface area contributed by atoms with E-state index in [2.05, 4.69) is 41.8 Å². The molecular weight excluding hydrogens is 360 g/mol. The minimum Gasteiger partial charge on any atom is -0.399 e. The first kappa shape index (κ1) is 17.0. The van der Waals surface area contributed by atoms with Crippen LogP contribution in [0, 0.1) is 6.92 Å². The van der Waals surface area contributed by atoms with E-state index < -0.39 is 0 Å². The van der Waals surface area contributed by atoms with E-state index in [4.69, 9.17) is 5.73 Å². The third-order valence-corrected chi connectivity index (χ3v) is 3.52. The van der Waals surface area contributed by atoms with Crippen LogP contribution in [0.2, 0.25) is 0 Å². The highest BCUT2D eigenvalue weighted by Gasteiger charge is 2.03. The highest BCUT2D eigenvalue weighted by molar-refractivity contribution is 9.10. The lowest BCUT2D eigenvalue weighted by molar-refractivity contribution is 0.252. The van der Waals surface area contributed by atoms with Crippen LogP contribution in [-0.4, -0.2) is 29.1 Å². The molecule has 8 heteroatoms. The van der Waals surface area contributed by atoms with Gasteiger partial charge in [-0.25, -0.2) is 14.8 Å². The molecule has 5 N–H and O–H groups in total. The fraction of sp³-hybridized carbons (Fsp3) is 0.267. The number of nitrogens with zero attached hydrogens (tertiary/aromatic N) is 2. The summed E-state index contributed by atoms with van der Waals surface area (Å²) in [6.07, 6.45) is 2.47. The topological polar surface area (TPSA) is 105 Å². The van der Waals surface area contributed by atoms with Crippen molar-refractivity contribution in [3.8, 4) is 0 Å². The van der Waals surface area contributed by atoms with E-state index in [1.54, 1.807) is 30.5 Å². The van der Waals surface area contributed by atoms with Gasteiger partial charge >= 0.3 is 6.03 Å². The number of carbonyl (C=O) groups is 1. The second kappa shape index (κ2) is 8.33. The molecule has 0 saturated carbocycles. The summed E-state index contributed by atoms with van der Waals surface area (Å²) in [4.78, 5) is 20.1. The maximum Gasteiger partial charge on any atom is 0.319 e. The molecule has 23 heavy (non-hydrogen) atoms. The monoisotopic (exact) mass is 378 g/mol. The quantitative estimate of drug-likeness (QED) is 0.456. The molecule has 1 aromatic heterocycles. The van der Waals surface area contributed by atoms with Crippen molar-refractivity contribution in [3.05, 3.63) is 40.8 Å². The minimum absolute atomic E-state index is 0.255. The maximum absolute atomic E-state index is 11.7. The van der Waals surface area contributed by atoms with Crippen molar-refractivity contribution in [2.75, 3.05) is 29.5 Å². The van der Waals surface area contributed by atoms with Crippen LogP contribution in [0.4, 0.5) is 22.0 Å². The third kappa shape index (κ3) is 5.74. The van der Waals surface area contributed by atoms with E-state index in [0.29, 0.717) is 30.3 Å². The fourth-order valence-corrected chi connectivity index (χ4v) is 2.20. The molecule has 1 heterocycles. The predicted molar refractivity (Wildman–Crippen MR) is 95.5 cm³/mol. The van der Waals surface area contributed by atoms with Crippen LogP contribution in [0.3, 0.4) is 0 Å². The number of nitrogens with one attached hydrogen (secondary N) is 3. The number of aromatic nitrogens is 2. The van der Waals surface area contributed by atoms with Gasteiger partial charge in [0.25, 0.3) is 0 Å². The summed E-state index contributed by atoms with van der Waals surface area (Å²) in [6, 6.07) is 6.79. The number of carbonyl (C=O) groups excluding carboxylic acids is 1. The van der Waals surface area contributed by atoms with Gasteiger partial charge in [-0.05, 0) is 47.5 Å². The average molecular weight is 379 g/mol. The number of urea groups is 1. The zero-order valence-corrected chi connectivity index (χ0v) is 14.4. The molecule has 2 aromatic rings. The van der Waals surface area contributed by atoms with E-state index in [-0.39, 0.29) is 6.03 Å². The smallest absolute Gasteiger partial charge is 0.319 e. The molecule has 2 amide bonds. The fourth-order valence-electron chi connectivity index (χ4n) is 1.87. The number of anilines is 3. The third-order valence-electron chi connectivity index (χ3n) is 2.94. The van der Waals surface area contributed by atoms with Gasteiger partial charge in [0.1, 0.15) is 11.6 Å². The Balaban J connectivity index is 1.67. The predicted octanol–water partition coefficient (Wildman–Crippen LogP) is 2.75. The zero-order valence-electron chi connectivity index (χ0n) is 12.8. The summed E-state index contributed by atoms with van der Waals surface area (Å²) in [5, 5.41) is 8.72. The number of benzene rings is 1. The lowest BCUT2D eigenvalue weighted by atomic mass is 10.3. The Hall–Kier alpha value is -2.35. The van der Waals surface area contributed by atoms with Crippen LogP contribution in [-0.2, 0) is 0 Å². The number of rotatable bonds is 6. The molecule has 0 aliphatic carbocycles. The molecule has 0 fully saturated rings. The number of hydrogen-bond acceptors (Lipinski definition) is 5. The molecule has 0 bridgehead atoms. The first-order valence-corrected chi connectivity index (χ1v) is 7.97. The second-order valence-corrected chi connectivity index (χ2v) is 5.75. The summed E-state index contributed by atoms with van der Waals surface area (Å²) in [7, 11) is 0. The van der Waals surface area contributed by atoms with Crippen LogP contribution in [0.25, 0.3) is 0 Å². The summed E-state index contributed by atoms with van der Waals surface area (Å²) in [5.74, 6) is 1.46. The van der Waals surface area contributed by atoms with Crippen molar-refractivity contribution in [3.63, 3.8) is 0 Å². The Bertz CT molecular complexity index is 679. The Morgan fingerprint density at radius 1 is 1.35 bits per heavy atom. The summed E-state index contributed by atoms with van der Waals surface area (Å²) >= 11 is 3.39. The van der Waals surface area contributed by atoms with E-state index in [0.717, 1.165) is 16.7 Å². The molecule has 1 aromatic carbocycles. The Morgan fingerprint density at radius 2 is 2.17 bits per heavy atom. The van der Waals surface area contributed by atoms with Crippen LogP contribution >= 0.6 is 15.9 Å². The van der Waals surface area contributed by atoms with Crippen molar-refractivity contribution in [1.82, 2.24) is 15.3 Å². The van der Waals surface area contributed by atoms with E-state index >= 15 is 0 Å². The van der Waals surface area contributed by atoms with Crippen molar-refractivity contribution in [2.24, 2.45) is 0 Å². The van der Waals surface area contributed by atoms with Gasteiger partial charge in [0.05, 0.1) is 4.47 Å². The number of aryl methyl sites for hydroxylation is 1. The van der Waals surface area contributed by atoms with Gasteiger partial charge in [-0.2, -0.15) is 0 Å². The van der Waals surface area contributed by atoms with Gasteiger partial charge in [-0.1, -0.05) is 6.07 Å². The number of halogens is 1. The lowest BCUT2D eigenvalue weighted by Crippen LogP contribution is -2.30. The molecule has 0 aliphatic heterocycles. The lowest BCUT2D eigenvalue weighted by Gasteiger charge is -2.10. The van der Waals surface area contributed by atoms with Crippen molar-refractivity contribution in [2.45, 2.75) is 13.3 Å². The minimum atomic E-state index is -0.255. The van der Waals surface area contributed by atoms with Gasteiger partial charge in [-0.3, -0.25) is 0 Å². The normalized spacial score (nSPS) is 10.2. The van der Waals surface area contributed by atoms with Crippen LogP contribution in [0.1, 0.15) is 12.2 Å². The number of nitrogen functional groups attached to an aromatic ring is 1. The standard InChI is InChI=1S/C15H19BrN6O/c1-10-20-9-13(16)14(21-10)18-6-3-7-19-15(23)22-12-5-2-4-11(17)8-12/h2,4-5,8-9H,3,6-7,17H2,1H3,(H,18,20,21)(H2,19,22,23). The van der Waals surface area contributed by atoms with Gasteiger partial charge in [0, 0.05) is 30.7 Å². The first-order valence-electron chi connectivity index (χ1n) is 7.18. The molecule has 7 nitrogen and oxygen atoms in total. The van der Waals surface area contributed by atoms with Crippen LogP contribution in [0.15, 0.2) is 34.9 Å². The maximum atomic E-state index is 11.7. The molecule has 0 aliphatic rings. The van der Waals surface area contributed by atoms with Gasteiger partial charge in [0.2, 0.25) is 0 Å². The zero-order chi connectivity index (χ0) is 16.7. The van der Waals surface area contributed by atoms with Gasteiger partial charge in [-0.15, -0.1) is 0 Å². The van der Waals surface area contributed by atoms with Crippen molar-refractivity contribution < 1.29 is 4.79 Å². The van der Waals surface area contributed by atoms with Gasteiger partial charge in [0.15, 0.2) is 0 Å². The summed E-state index contributed by atoms with van der Waals surface area (Å²) in [5.41, 5.74) is 6.93. The molecular formula is C15H19BrN6O. The van der Waals surface area contributed by atoms with Crippen LogP contribution < -0.4 is 21.7 Å². The molecule has 0 radical (unpaired) electrons. The SMILES string of the molecule is Cc1ncc(Br)c(NCCCNC(=O)Nc2cccc(N)c2)n1. The number of hydrogen-bond donors (Lipinski definition) is 4. The largest absolute Gasteiger partial charge is 0.399 e. The van der Waals surface area contributed by atoms with E-state index in [1.807, 2.05) is 6.92 Å². The van der Waals surface area contributed by atoms with Crippen LogP contribution in [0.5, 0.6) is 0 Å². The second-order valence-electron chi connectivity index (χ2n) is 4.90. The average Bonchev–Trinajstić information content (AvgIpc) is 2.50. The molecule has 0 saturated heterocycles. The van der Waals surface area contributed by atoms with Gasteiger partial charge < -0.3 is 21.7 Å². The molecule has 0 spiro atoms. The number of nitrogens with two attached hydrogens (primary N) is 1. The molecule has 0 atom stereocenters. The number of amides is 2. The van der Waals surface area contributed by atoms with E-state index in [1.165, 1.54) is 0 Å². The molecule has 122 valence electrons. The summed E-state index contributed by atoms with van der Waals surface area (Å²) in [6.45, 7) is 3.07. The Kier molecular flexibility index (Phi) is 6.16. The molecule has 0 unspecified atom stereocenters. The first-order chi connectivity index (χ1) is 11.0. The molecule has 2 rings (SSSR count). The van der Waals surface area contributed by atoms with Crippen molar-refractivity contribution >= 4 is 39.2 Å². The summed E-state index contributed by atoms with van der Waals surface area (Å²) < 4.78 is 0.815. The highest BCUT2D eigenvalue weighted by Crippen LogP contribution is 2.18. The van der Waals surface area contributed by atoms with E-state index in [9.17, 15) is 4.79 Å². The Labute approximate surface area is 143 Å².